The number of aromatic carboxylic acids is 1. The Hall–Kier alpha value is -2.25. The first-order chi connectivity index (χ1) is 9.32. The van der Waals surface area contributed by atoms with E-state index in [-0.39, 0.29) is 12.2 Å². The van der Waals surface area contributed by atoms with Crippen molar-refractivity contribution < 1.29 is 14.4 Å². The highest BCUT2D eigenvalue weighted by Gasteiger charge is 2.29. The van der Waals surface area contributed by atoms with E-state index in [4.69, 9.17) is 4.52 Å². The van der Waals surface area contributed by atoms with Crippen LogP contribution in [0.4, 0.5) is 0 Å². The molecular formula is C12H17N5O3. The number of hydrogen-bond acceptors (Lipinski definition) is 6. The summed E-state index contributed by atoms with van der Waals surface area (Å²) in [6.45, 7) is 7.86. The van der Waals surface area contributed by atoms with Crippen molar-refractivity contribution in [3.63, 3.8) is 0 Å². The molecule has 0 bridgehead atoms. The lowest BCUT2D eigenvalue weighted by Crippen LogP contribution is -2.22. The fraction of sp³-hybridized carbons (Fsp3) is 0.583. The molecule has 0 saturated carbocycles. The van der Waals surface area contributed by atoms with E-state index in [2.05, 4.69) is 20.5 Å². The first kappa shape index (κ1) is 14.2. The van der Waals surface area contributed by atoms with E-state index in [1.807, 2.05) is 27.7 Å². The van der Waals surface area contributed by atoms with Gasteiger partial charge in [-0.1, -0.05) is 38.1 Å². The largest absolute Gasteiger partial charge is 0.476 e. The van der Waals surface area contributed by atoms with Crippen LogP contribution in [0.2, 0.25) is 0 Å². The van der Waals surface area contributed by atoms with Crippen LogP contribution in [0.5, 0.6) is 0 Å². The normalized spacial score (nSPS) is 11.8. The van der Waals surface area contributed by atoms with Gasteiger partial charge in [0, 0.05) is 11.8 Å². The Morgan fingerprint density at radius 1 is 1.40 bits per heavy atom. The number of aryl methyl sites for hydroxylation is 1. The summed E-state index contributed by atoms with van der Waals surface area (Å²) >= 11 is 0. The average Bonchev–Trinajstić information content (AvgIpc) is 2.95. The van der Waals surface area contributed by atoms with E-state index in [1.54, 1.807) is 0 Å². The standard InChI is InChI=1S/C12H17N5O3/c1-5-8-13-7(15-20-8)6-17-10(12(2,3)4)9(11(18)19)14-16-17/h5-6H2,1-4H3,(H,18,19). The summed E-state index contributed by atoms with van der Waals surface area (Å²) in [6.07, 6.45) is 0.650. The van der Waals surface area contributed by atoms with Crippen molar-refractivity contribution in [2.75, 3.05) is 0 Å². The van der Waals surface area contributed by atoms with Crippen LogP contribution in [-0.2, 0) is 18.4 Å². The van der Waals surface area contributed by atoms with Gasteiger partial charge in [0.15, 0.2) is 11.5 Å². The topological polar surface area (TPSA) is 107 Å². The monoisotopic (exact) mass is 279 g/mol. The SMILES string of the molecule is CCc1nc(Cn2nnc(C(=O)O)c2C(C)(C)C)no1. The lowest BCUT2D eigenvalue weighted by Gasteiger charge is -2.19. The van der Waals surface area contributed by atoms with Crippen LogP contribution in [-0.4, -0.2) is 36.2 Å². The van der Waals surface area contributed by atoms with E-state index in [0.29, 0.717) is 23.8 Å². The lowest BCUT2D eigenvalue weighted by atomic mass is 9.90. The van der Waals surface area contributed by atoms with E-state index in [9.17, 15) is 9.90 Å². The van der Waals surface area contributed by atoms with E-state index in [0.717, 1.165) is 0 Å². The van der Waals surface area contributed by atoms with Gasteiger partial charge in [0.05, 0.1) is 5.69 Å². The molecule has 0 aromatic carbocycles. The van der Waals surface area contributed by atoms with Crippen molar-refractivity contribution in [2.24, 2.45) is 0 Å². The zero-order chi connectivity index (χ0) is 14.9. The second kappa shape index (κ2) is 5.03. The molecule has 0 amide bonds. The Morgan fingerprint density at radius 3 is 2.60 bits per heavy atom. The smallest absolute Gasteiger partial charge is 0.358 e. The van der Waals surface area contributed by atoms with Crippen LogP contribution in [0.25, 0.3) is 0 Å². The number of carboxylic acid groups (broad SMARTS) is 1. The molecule has 0 aliphatic rings. The quantitative estimate of drug-likeness (QED) is 0.897. The van der Waals surface area contributed by atoms with Gasteiger partial charge in [-0.3, -0.25) is 0 Å². The van der Waals surface area contributed by atoms with Gasteiger partial charge in [-0.25, -0.2) is 9.48 Å². The minimum Gasteiger partial charge on any atom is -0.476 e. The maximum Gasteiger partial charge on any atom is 0.358 e. The summed E-state index contributed by atoms with van der Waals surface area (Å²) in [5.74, 6) is -0.103. The molecule has 2 rings (SSSR count). The van der Waals surface area contributed by atoms with Crippen LogP contribution >= 0.6 is 0 Å². The molecule has 1 N–H and O–H groups in total. The molecule has 2 aromatic heterocycles. The molecule has 8 nitrogen and oxygen atoms in total. The number of carbonyl (C=O) groups is 1. The maximum atomic E-state index is 11.2. The molecular weight excluding hydrogens is 262 g/mol. The molecule has 108 valence electrons. The van der Waals surface area contributed by atoms with Crippen molar-refractivity contribution in [3.05, 3.63) is 23.1 Å². The molecule has 8 heteroatoms. The van der Waals surface area contributed by atoms with Crippen molar-refractivity contribution >= 4 is 5.97 Å². The predicted molar refractivity (Wildman–Crippen MR) is 68.5 cm³/mol. The fourth-order valence-electron chi connectivity index (χ4n) is 1.94. The first-order valence-electron chi connectivity index (χ1n) is 6.31. The molecule has 0 aliphatic heterocycles. The van der Waals surface area contributed by atoms with Gasteiger partial charge >= 0.3 is 5.97 Å². The van der Waals surface area contributed by atoms with Gasteiger partial charge in [-0.05, 0) is 0 Å². The Morgan fingerprint density at radius 2 is 2.10 bits per heavy atom. The summed E-state index contributed by atoms with van der Waals surface area (Å²) in [5, 5.41) is 20.7. The summed E-state index contributed by atoms with van der Waals surface area (Å²) in [6, 6.07) is 0. The van der Waals surface area contributed by atoms with E-state index in [1.165, 1.54) is 4.68 Å². The molecule has 0 aliphatic carbocycles. The Bertz CT molecular complexity index is 623. The number of nitrogens with zero attached hydrogens (tertiary/aromatic N) is 5. The van der Waals surface area contributed by atoms with Gasteiger partial charge in [-0.15, -0.1) is 5.10 Å². The Balaban J connectivity index is 2.39. The minimum atomic E-state index is -1.09. The predicted octanol–water partition coefficient (Wildman–Crippen LogP) is 1.27. The van der Waals surface area contributed by atoms with E-state index >= 15 is 0 Å². The van der Waals surface area contributed by atoms with Crippen LogP contribution in [0.15, 0.2) is 4.52 Å². The fourth-order valence-corrected chi connectivity index (χ4v) is 1.94. The van der Waals surface area contributed by atoms with Gasteiger partial charge in [0.25, 0.3) is 0 Å². The third kappa shape index (κ3) is 2.68. The average molecular weight is 279 g/mol. The zero-order valence-corrected chi connectivity index (χ0v) is 11.9. The Kier molecular flexibility index (Phi) is 3.56. The highest BCUT2D eigenvalue weighted by Crippen LogP contribution is 2.25. The summed E-state index contributed by atoms with van der Waals surface area (Å²) in [4.78, 5) is 15.4. The van der Waals surface area contributed by atoms with Crippen LogP contribution in [0.1, 0.15) is 55.6 Å². The van der Waals surface area contributed by atoms with Gasteiger partial charge < -0.3 is 9.63 Å². The summed E-state index contributed by atoms with van der Waals surface area (Å²) in [7, 11) is 0. The van der Waals surface area contributed by atoms with Crippen molar-refractivity contribution in [1.82, 2.24) is 25.1 Å². The number of rotatable bonds is 4. The van der Waals surface area contributed by atoms with Gasteiger partial charge in [0.2, 0.25) is 5.89 Å². The summed E-state index contributed by atoms with van der Waals surface area (Å²) < 4.78 is 6.53. The van der Waals surface area contributed by atoms with Crippen LogP contribution < -0.4 is 0 Å². The third-order valence-electron chi connectivity index (χ3n) is 2.75. The molecule has 0 atom stereocenters. The van der Waals surface area contributed by atoms with Crippen molar-refractivity contribution in [1.29, 1.82) is 0 Å². The lowest BCUT2D eigenvalue weighted by molar-refractivity contribution is 0.0687. The highest BCUT2D eigenvalue weighted by atomic mass is 16.5. The molecule has 2 aromatic rings. The second-order valence-corrected chi connectivity index (χ2v) is 5.46. The Labute approximate surface area is 115 Å². The summed E-state index contributed by atoms with van der Waals surface area (Å²) in [5.41, 5.74) is 0.0821. The maximum absolute atomic E-state index is 11.2. The van der Waals surface area contributed by atoms with Crippen LogP contribution in [0.3, 0.4) is 0 Å². The van der Waals surface area contributed by atoms with Gasteiger partial charge in [-0.2, -0.15) is 4.98 Å². The molecule has 0 radical (unpaired) electrons. The number of hydrogen-bond donors (Lipinski definition) is 1. The zero-order valence-electron chi connectivity index (χ0n) is 11.9. The molecule has 0 fully saturated rings. The number of aromatic nitrogens is 5. The van der Waals surface area contributed by atoms with Crippen LogP contribution in [0, 0.1) is 0 Å². The highest BCUT2D eigenvalue weighted by molar-refractivity contribution is 5.86. The van der Waals surface area contributed by atoms with E-state index < -0.39 is 11.4 Å². The van der Waals surface area contributed by atoms with Gasteiger partial charge in [0.1, 0.15) is 6.54 Å². The molecule has 0 saturated heterocycles. The van der Waals surface area contributed by atoms with Crippen molar-refractivity contribution in [2.45, 2.75) is 46.1 Å². The molecule has 2 heterocycles. The van der Waals surface area contributed by atoms with Crippen molar-refractivity contribution in [3.8, 4) is 0 Å². The molecule has 0 unspecified atom stereocenters. The number of carboxylic acids is 1. The molecule has 0 spiro atoms. The third-order valence-corrected chi connectivity index (χ3v) is 2.75. The first-order valence-corrected chi connectivity index (χ1v) is 6.31. The molecule has 20 heavy (non-hydrogen) atoms. The second-order valence-electron chi connectivity index (χ2n) is 5.46. The minimum absolute atomic E-state index is 0.0447.